The van der Waals surface area contributed by atoms with Crippen LogP contribution in [0.1, 0.15) is 39.5 Å². The molecule has 2 N–H and O–H groups in total. The van der Waals surface area contributed by atoms with Crippen LogP contribution in [0.4, 0.5) is 4.79 Å². The summed E-state index contributed by atoms with van der Waals surface area (Å²) in [6.07, 6.45) is 4.91. The van der Waals surface area contributed by atoms with Gasteiger partial charge in [-0.05, 0) is 31.6 Å². The summed E-state index contributed by atoms with van der Waals surface area (Å²) >= 11 is 0. The fraction of sp³-hybridized carbons (Fsp3) is 0.938. The number of amides is 2. The molecule has 3 atom stereocenters. The molecule has 0 bridgehead atoms. The van der Waals surface area contributed by atoms with Crippen molar-refractivity contribution in [2.24, 2.45) is 17.3 Å². The monoisotopic (exact) mass is 296 g/mol. The Balaban J connectivity index is 1.29. The summed E-state index contributed by atoms with van der Waals surface area (Å²) in [4.78, 5) is 12.0. The molecule has 0 aromatic carbocycles. The molecular weight excluding hydrogens is 268 g/mol. The number of hydrogen-bond acceptors (Lipinski definition) is 3. The smallest absolute Gasteiger partial charge is 0.315 e. The Bertz CT molecular complexity index is 382. The van der Waals surface area contributed by atoms with Crippen LogP contribution >= 0.6 is 0 Å². The average molecular weight is 296 g/mol. The second-order valence-electron chi connectivity index (χ2n) is 7.32. The Hall–Kier alpha value is -0.810. The van der Waals surface area contributed by atoms with Crippen LogP contribution in [0.2, 0.25) is 0 Å². The number of rotatable bonds is 7. The zero-order chi connectivity index (χ0) is 14.9. The quantitative estimate of drug-likeness (QED) is 0.706. The van der Waals surface area contributed by atoms with E-state index in [1.54, 1.807) is 0 Å². The maximum atomic E-state index is 12.0. The van der Waals surface area contributed by atoms with Gasteiger partial charge in [0, 0.05) is 43.7 Å². The third-order valence-electron chi connectivity index (χ3n) is 5.19. The predicted octanol–water partition coefficient (Wildman–Crippen LogP) is 1.92. The molecule has 2 aliphatic carbocycles. The molecule has 2 amide bonds. The molecule has 3 rings (SSSR count). The van der Waals surface area contributed by atoms with E-state index in [1.807, 2.05) is 0 Å². The largest absolute Gasteiger partial charge is 0.381 e. The van der Waals surface area contributed by atoms with Crippen molar-refractivity contribution in [2.45, 2.75) is 51.7 Å². The van der Waals surface area contributed by atoms with E-state index in [-0.39, 0.29) is 17.5 Å². The summed E-state index contributed by atoms with van der Waals surface area (Å²) in [7, 11) is 0. The van der Waals surface area contributed by atoms with Gasteiger partial charge in [0.1, 0.15) is 0 Å². The topological polar surface area (TPSA) is 59.6 Å². The van der Waals surface area contributed by atoms with Crippen molar-refractivity contribution < 1.29 is 14.3 Å². The summed E-state index contributed by atoms with van der Waals surface area (Å²) in [5.41, 5.74) is 0.0475. The Morgan fingerprint density at radius 2 is 2.14 bits per heavy atom. The zero-order valence-corrected chi connectivity index (χ0v) is 13.2. The van der Waals surface area contributed by atoms with Crippen molar-refractivity contribution in [1.82, 2.24) is 10.6 Å². The summed E-state index contributed by atoms with van der Waals surface area (Å²) in [6, 6.07) is 0.178. The van der Waals surface area contributed by atoms with Crippen LogP contribution in [-0.4, -0.2) is 44.5 Å². The fourth-order valence-corrected chi connectivity index (χ4v) is 3.72. The van der Waals surface area contributed by atoms with Gasteiger partial charge >= 0.3 is 6.03 Å². The first-order valence-electron chi connectivity index (χ1n) is 8.33. The lowest BCUT2D eigenvalue weighted by molar-refractivity contribution is -0.108. The van der Waals surface area contributed by atoms with E-state index in [0.717, 1.165) is 38.6 Å². The van der Waals surface area contributed by atoms with Gasteiger partial charge in [0.2, 0.25) is 0 Å². The molecule has 1 saturated heterocycles. The van der Waals surface area contributed by atoms with Crippen LogP contribution in [0.25, 0.3) is 0 Å². The Morgan fingerprint density at radius 1 is 1.33 bits per heavy atom. The molecule has 21 heavy (non-hydrogen) atoms. The minimum absolute atomic E-state index is 0.0475. The van der Waals surface area contributed by atoms with Crippen molar-refractivity contribution in [1.29, 1.82) is 0 Å². The van der Waals surface area contributed by atoms with Gasteiger partial charge in [-0.3, -0.25) is 0 Å². The van der Waals surface area contributed by atoms with E-state index in [2.05, 4.69) is 24.5 Å². The number of nitrogens with one attached hydrogen (secondary N) is 2. The number of carbonyl (C=O) groups is 1. The SMILES string of the molecule is CC1(C)C(NC(=O)NCCCOCC2CC2)C2CCOC21. The molecular formula is C16H28N2O3. The van der Waals surface area contributed by atoms with Gasteiger partial charge in [0.15, 0.2) is 0 Å². The molecule has 0 aromatic heterocycles. The Morgan fingerprint density at radius 3 is 2.90 bits per heavy atom. The highest BCUT2D eigenvalue weighted by atomic mass is 16.5. The summed E-state index contributed by atoms with van der Waals surface area (Å²) in [5, 5.41) is 6.06. The third-order valence-corrected chi connectivity index (χ3v) is 5.19. The molecule has 5 heteroatoms. The third kappa shape index (κ3) is 3.34. The van der Waals surface area contributed by atoms with Gasteiger partial charge in [-0.25, -0.2) is 4.79 Å². The molecule has 3 fully saturated rings. The van der Waals surface area contributed by atoms with Crippen molar-refractivity contribution in [2.75, 3.05) is 26.4 Å². The average Bonchev–Trinajstić information content (AvgIpc) is 3.15. The second kappa shape index (κ2) is 6.13. The van der Waals surface area contributed by atoms with E-state index >= 15 is 0 Å². The van der Waals surface area contributed by atoms with Crippen molar-refractivity contribution in [3.8, 4) is 0 Å². The lowest BCUT2D eigenvalue weighted by atomic mass is 9.57. The van der Waals surface area contributed by atoms with Gasteiger partial charge in [-0.1, -0.05) is 13.8 Å². The van der Waals surface area contributed by atoms with Crippen LogP contribution in [0.3, 0.4) is 0 Å². The van der Waals surface area contributed by atoms with E-state index < -0.39 is 0 Å². The van der Waals surface area contributed by atoms with Gasteiger partial charge in [-0.2, -0.15) is 0 Å². The maximum absolute atomic E-state index is 12.0. The molecule has 1 heterocycles. The van der Waals surface area contributed by atoms with Crippen LogP contribution in [0.15, 0.2) is 0 Å². The number of fused-ring (bicyclic) bond motifs is 1. The van der Waals surface area contributed by atoms with E-state index in [4.69, 9.17) is 9.47 Å². The second-order valence-corrected chi connectivity index (χ2v) is 7.32. The van der Waals surface area contributed by atoms with Crippen LogP contribution in [-0.2, 0) is 9.47 Å². The standard InChI is InChI=1S/C16H28N2O3/c1-16(2)13(12-6-9-21-14(12)16)18-15(19)17-7-3-8-20-10-11-4-5-11/h11-14H,3-10H2,1-2H3,(H2,17,18,19). The molecule has 0 radical (unpaired) electrons. The van der Waals surface area contributed by atoms with Crippen LogP contribution in [0, 0.1) is 17.3 Å². The van der Waals surface area contributed by atoms with E-state index in [0.29, 0.717) is 18.6 Å². The zero-order valence-electron chi connectivity index (χ0n) is 13.2. The molecule has 5 nitrogen and oxygen atoms in total. The normalized spacial score (nSPS) is 33.1. The van der Waals surface area contributed by atoms with Crippen LogP contribution < -0.4 is 10.6 Å². The number of urea groups is 1. The van der Waals surface area contributed by atoms with Crippen molar-refractivity contribution in [3.63, 3.8) is 0 Å². The summed E-state index contributed by atoms with van der Waals surface area (Å²) in [5.74, 6) is 1.30. The van der Waals surface area contributed by atoms with Gasteiger partial charge in [-0.15, -0.1) is 0 Å². The van der Waals surface area contributed by atoms with Gasteiger partial charge < -0.3 is 20.1 Å². The minimum Gasteiger partial charge on any atom is -0.381 e. The first-order chi connectivity index (χ1) is 10.1. The lowest BCUT2D eigenvalue weighted by Crippen LogP contribution is -2.67. The fourth-order valence-electron chi connectivity index (χ4n) is 3.72. The number of carbonyl (C=O) groups excluding carboxylic acids is 1. The highest BCUT2D eigenvalue weighted by Crippen LogP contribution is 2.51. The molecule has 3 aliphatic rings. The Labute approximate surface area is 127 Å². The molecule has 1 aliphatic heterocycles. The van der Waals surface area contributed by atoms with E-state index in [1.165, 1.54) is 12.8 Å². The molecule has 3 unspecified atom stereocenters. The Kier molecular flexibility index (Phi) is 4.41. The highest BCUT2D eigenvalue weighted by molar-refractivity contribution is 5.74. The molecule has 0 aromatic rings. The van der Waals surface area contributed by atoms with Gasteiger partial charge in [0.25, 0.3) is 0 Å². The summed E-state index contributed by atoms with van der Waals surface area (Å²) in [6.45, 7) is 7.49. The maximum Gasteiger partial charge on any atom is 0.315 e. The minimum atomic E-state index is -0.0550. The lowest BCUT2D eigenvalue weighted by Gasteiger charge is -2.54. The first-order valence-corrected chi connectivity index (χ1v) is 8.33. The molecule has 2 saturated carbocycles. The number of ether oxygens (including phenoxy) is 2. The molecule has 0 spiro atoms. The summed E-state index contributed by atoms with van der Waals surface area (Å²) < 4.78 is 11.3. The van der Waals surface area contributed by atoms with Crippen molar-refractivity contribution >= 4 is 6.03 Å². The van der Waals surface area contributed by atoms with Crippen LogP contribution in [0.5, 0.6) is 0 Å². The molecule has 120 valence electrons. The predicted molar refractivity (Wildman–Crippen MR) is 80.1 cm³/mol. The first kappa shape index (κ1) is 15.1. The highest BCUT2D eigenvalue weighted by Gasteiger charge is 2.59. The number of hydrogen-bond donors (Lipinski definition) is 2. The van der Waals surface area contributed by atoms with E-state index in [9.17, 15) is 4.79 Å². The van der Waals surface area contributed by atoms with Crippen molar-refractivity contribution in [3.05, 3.63) is 0 Å². The van der Waals surface area contributed by atoms with Gasteiger partial charge in [0.05, 0.1) is 6.10 Å².